The van der Waals surface area contributed by atoms with Crippen LogP contribution in [0.15, 0.2) is 46.9 Å². The van der Waals surface area contributed by atoms with Crippen molar-refractivity contribution in [3.05, 3.63) is 57.5 Å². The summed E-state index contributed by atoms with van der Waals surface area (Å²) >= 11 is 9.58. The minimum absolute atomic E-state index is 0.215. The van der Waals surface area contributed by atoms with E-state index in [0.29, 0.717) is 37.1 Å². The van der Waals surface area contributed by atoms with E-state index in [2.05, 4.69) is 15.9 Å². The van der Waals surface area contributed by atoms with Gasteiger partial charge in [0.2, 0.25) is 0 Å². The summed E-state index contributed by atoms with van der Waals surface area (Å²) in [6, 6.07) is 12.9. The fraction of sp³-hybridized carbons (Fsp3) is 0.316. The Morgan fingerprint density at radius 3 is 2.73 bits per heavy atom. The molecule has 1 saturated heterocycles. The summed E-state index contributed by atoms with van der Waals surface area (Å²) < 4.78 is 18.3. The molecule has 0 unspecified atom stereocenters. The van der Waals surface area contributed by atoms with Crippen LogP contribution in [0.5, 0.6) is 5.75 Å². The lowest BCUT2D eigenvalue weighted by atomic mass is 10.1. The number of fused-ring (bicyclic) bond motifs is 2. The maximum atomic E-state index is 13.1. The molecule has 5 nitrogen and oxygen atoms in total. The van der Waals surface area contributed by atoms with E-state index in [1.54, 1.807) is 17.0 Å². The maximum Gasteiger partial charge on any atom is 0.292 e. The largest absolute Gasteiger partial charge is 0.490 e. The molecule has 0 aromatic heterocycles. The Hall–Kier alpha value is -1.60. The predicted octanol–water partition coefficient (Wildman–Crippen LogP) is 4.12. The molecule has 26 heavy (non-hydrogen) atoms. The number of carbonyl (C=O) groups excluding carboxylic acids is 1. The molecule has 2 aliphatic heterocycles. The molecule has 136 valence electrons. The smallest absolute Gasteiger partial charge is 0.292 e. The second kappa shape index (κ2) is 7.19. The third-order valence-electron chi connectivity index (χ3n) is 4.44. The molecule has 0 atom stereocenters. The Bertz CT molecular complexity index is 838. The van der Waals surface area contributed by atoms with Crippen LogP contribution < -0.4 is 9.64 Å². The molecule has 0 bridgehead atoms. The molecular weight excluding hydrogens is 422 g/mol. The zero-order valence-corrected chi connectivity index (χ0v) is 16.3. The van der Waals surface area contributed by atoms with Gasteiger partial charge in [-0.25, -0.2) is 0 Å². The summed E-state index contributed by atoms with van der Waals surface area (Å²) in [5, 5.41) is 0.542. The Labute approximate surface area is 164 Å². The van der Waals surface area contributed by atoms with Gasteiger partial charge in [-0.3, -0.25) is 4.79 Å². The van der Waals surface area contributed by atoms with Crippen LogP contribution in [0.4, 0.5) is 5.69 Å². The lowest BCUT2D eigenvalue weighted by Crippen LogP contribution is -2.48. The number of hydrogen-bond donors (Lipinski definition) is 0. The van der Waals surface area contributed by atoms with Gasteiger partial charge in [0, 0.05) is 10.0 Å². The van der Waals surface area contributed by atoms with Crippen LogP contribution in [-0.4, -0.2) is 32.3 Å². The highest BCUT2D eigenvalue weighted by molar-refractivity contribution is 9.10. The average Bonchev–Trinajstić information content (AvgIpc) is 2.86. The molecule has 4 rings (SSSR count). The molecule has 1 amide bonds. The van der Waals surface area contributed by atoms with Gasteiger partial charge in [-0.2, -0.15) is 0 Å². The highest BCUT2D eigenvalue weighted by Crippen LogP contribution is 2.46. The van der Waals surface area contributed by atoms with E-state index in [4.69, 9.17) is 25.8 Å². The van der Waals surface area contributed by atoms with Gasteiger partial charge in [0.25, 0.3) is 11.7 Å². The number of ether oxygens (including phenoxy) is 3. The summed E-state index contributed by atoms with van der Waals surface area (Å²) in [5.41, 5.74) is 1.51. The molecule has 1 spiro atoms. The number of hydrogen-bond acceptors (Lipinski definition) is 4. The van der Waals surface area contributed by atoms with Gasteiger partial charge in [-0.1, -0.05) is 39.7 Å². The van der Waals surface area contributed by atoms with Gasteiger partial charge in [-0.15, -0.1) is 0 Å². The predicted molar refractivity (Wildman–Crippen MR) is 102 cm³/mol. The standard InChI is InChI=1S/C19H17BrClNO4/c20-13-6-7-16-14(12-13)19(25-9-3-10-26-19)18(23)22(16)8-11-24-17-5-2-1-4-15(17)21/h1-2,4-7,12H,3,8-11H2. The first kappa shape index (κ1) is 17.8. The van der Waals surface area contributed by atoms with Crippen LogP contribution in [0.3, 0.4) is 0 Å². The van der Waals surface area contributed by atoms with Crippen molar-refractivity contribution in [1.82, 2.24) is 0 Å². The second-order valence-electron chi connectivity index (χ2n) is 6.06. The molecule has 2 aliphatic rings. The Morgan fingerprint density at radius 1 is 1.19 bits per heavy atom. The van der Waals surface area contributed by atoms with Crippen molar-refractivity contribution < 1.29 is 19.0 Å². The van der Waals surface area contributed by atoms with Crippen LogP contribution in [0.25, 0.3) is 0 Å². The third kappa shape index (κ3) is 3.01. The van der Waals surface area contributed by atoms with Gasteiger partial charge in [0.15, 0.2) is 0 Å². The summed E-state index contributed by atoms with van der Waals surface area (Å²) in [6.07, 6.45) is 0.772. The monoisotopic (exact) mass is 437 g/mol. The number of benzene rings is 2. The van der Waals surface area contributed by atoms with Crippen molar-refractivity contribution in [3.8, 4) is 5.75 Å². The molecule has 1 fully saturated rings. The van der Waals surface area contributed by atoms with Gasteiger partial charge < -0.3 is 19.1 Å². The lowest BCUT2D eigenvalue weighted by Gasteiger charge is -2.32. The second-order valence-corrected chi connectivity index (χ2v) is 7.39. The van der Waals surface area contributed by atoms with Crippen LogP contribution in [0.1, 0.15) is 12.0 Å². The van der Waals surface area contributed by atoms with E-state index >= 15 is 0 Å². The minimum Gasteiger partial charge on any atom is -0.490 e. The minimum atomic E-state index is -1.35. The molecular formula is C19H17BrClNO4. The first-order valence-corrected chi connectivity index (χ1v) is 9.56. The van der Waals surface area contributed by atoms with Crippen molar-refractivity contribution in [3.63, 3.8) is 0 Å². The van der Waals surface area contributed by atoms with Crippen LogP contribution in [0.2, 0.25) is 5.02 Å². The maximum absolute atomic E-state index is 13.1. The summed E-state index contributed by atoms with van der Waals surface area (Å²) in [5.74, 6) is -0.966. The van der Waals surface area contributed by atoms with Gasteiger partial charge in [0.05, 0.1) is 30.5 Å². The van der Waals surface area contributed by atoms with Crippen molar-refractivity contribution in [2.75, 3.05) is 31.3 Å². The third-order valence-corrected chi connectivity index (χ3v) is 5.24. The molecule has 0 saturated carbocycles. The van der Waals surface area contributed by atoms with Crippen LogP contribution in [-0.2, 0) is 20.1 Å². The van der Waals surface area contributed by atoms with E-state index in [-0.39, 0.29) is 5.91 Å². The first-order chi connectivity index (χ1) is 12.6. The van der Waals surface area contributed by atoms with E-state index in [0.717, 1.165) is 22.1 Å². The number of para-hydroxylation sites is 1. The Balaban J connectivity index is 1.57. The van der Waals surface area contributed by atoms with Gasteiger partial charge >= 0.3 is 0 Å². The number of nitrogens with zero attached hydrogens (tertiary/aromatic N) is 1. The fourth-order valence-corrected chi connectivity index (χ4v) is 3.80. The lowest BCUT2D eigenvalue weighted by molar-refractivity contribution is -0.256. The van der Waals surface area contributed by atoms with Gasteiger partial charge in [-0.05, 0) is 36.8 Å². The van der Waals surface area contributed by atoms with E-state index in [1.165, 1.54) is 0 Å². The van der Waals surface area contributed by atoms with E-state index in [1.807, 2.05) is 30.3 Å². The quantitative estimate of drug-likeness (QED) is 0.720. The zero-order valence-electron chi connectivity index (χ0n) is 13.9. The summed E-state index contributed by atoms with van der Waals surface area (Å²) in [7, 11) is 0. The molecule has 2 aromatic carbocycles. The van der Waals surface area contributed by atoms with E-state index < -0.39 is 5.79 Å². The molecule has 0 N–H and O–H groups in total. The summed E-state index contributed by atoms with van der Waals surface area (Å²) in [4.78, 5) is 14.8. The number of halogens is 2. The van der Waals surface area contributed by atoms with Crippen molar-refractivity contribution in [2.24, 2.45) is 0 Å². The zero-order chi connectivity index (χ0) is 18.1. The van der Waals surface area contributed by atoms with Crippen molar-refractivity contribution in [2.45, 2.75) is 12.2 Å². The first-order valence-electron chi connectivity index (χ1n) is 8.39. The Kier molecular flexibility index (Phi) is 4.92. The average molecular weight is 439 g/mol. The van der Waals surface area contributed by atoms with Crippen LogP contribution >= 0.6 is 27.5 Å². The molecule has 7 heteroatoms. The topological polar surface area (TPSA) is 48.0 Å². The fourth-order valence-electron chi connectivity index (χ4n) is 3.25. The van der Waals surface area contributed by atoms with E-state index in [9.17, 15) is 4.79 Å². The normalized spacial score (nSPS) is 18.2. The Morgan fingerprint density at radius 2 is 1.96 bits per heavy atom. The number of rotatable bonds is 4. The van der Waals surface area contributed by atoms with Gasteiger partial charge in [0.1, 0.15) is 12.4 Å². The number of amides is 1. The SMILES string of the molecule is O=C1N(CCOc2ccccc2Cl)c2ccc(Br)cc2C12OCCCO2. The highest BCUT2D eigenvalue weighted by Gasteiger charge is 2.54. The van der Waals surface area contributed by atoms with Crippen molar-refractivity contribution in [1.29, 1.82) is 0 Å². The molecule has 2 aromatic rings. The summed E-state index contributed by atoms with van der Waals surface area (Å²) in [6.45, 7) is 1.65. The number of anilines is 1. The van der Waals surface area contributed by atoms with Crippen molar-refractivity contribution >= 4 is 39.1 Å². The number of carbonyl (C=O) groups is 1. The van der Waals surface area contributed by atoms with Crippen LogP contribution in [0, 0.1) is 0 Å². The molecule has 0 aliphatic carbocycles. The molecule has 2 heterocycles. The molecule has 0 radical (unpaired) electrons. The highest BCUT2D eigenvalue weighted by atomic mass is 79.9.